The summed E-state index contributed by atoms with van der Waals surface area (Å²) in [6.45, 7) is 14.1. The summed E-state index contributed by atoms with van der Waals surface area (Å²) in [5.41, 5.74) is 4.21. The van der Waals surface area contributed by atoms with E-state index in [0.29, 0.717) is 16.5 Å². The Kier molecular flexibility index (Phi) is 7.70. The molecule has 0 bridgehead atoms. The minimum atomic E-state index is -3.83. The zero-order valence-corrected chi connectivity index (χ0v) is 20.1. The Morgan fingerprint density at radius 2 is 1.40 bits per heavy atom. The molecule has 0 atom stereocenters. The van der Waals surface area contributed by atoms with Crippen molar-refractivity contribution in [2.45, 2.75) is 71.1 Å². The zero-order valence-electron chi connectivity index (χ0n) is 19.3. The largest absolute Gasteiger partial charge is 0.497 e. The number of hydrogen-bond acceptors (Lipinski definition) is 4. The van der Waals surface area contributed by atoms with Crippen LogP contribution < -0.4 is 9.57 Å². The maximum absolute atomic E-state index is 13.4. The van der Waals surface area contributed by atoms with Crippen LogP contribution in [0.5, 0.6) is 5.75 Å². The molecule has 2 aromatic carbocycles. The molecule has 0 unspecified atom stereocenters. The fraction of sp³-hybridized carbons (Fsp3) is 0.458. The van der Waals surface area contributed by atoms with Gasteiger partial charge in [-0.15, -0.1) is 0 Å². The van der Waals surface area contributed by atoms with Crippen molar-refractivity contribution in [1.29, 1.82) is 0 Å². The highest BCUT2D eigenvalue weighted by Crippen LogP contribution is 2.35. The van der Waals surface area contributed by atoms with Crippen LogP contribution >= 0.6 is 0 Å². The van der Waals surface area contributed by atoms with Crippen molar-refractivity contribution in [2.75, 3.05) is 7.11 Å². The third-order valence-electron chi connectivity index (χ3n) is 5.19. The van der Waals surface area contributed by atoms with Crippen LogP contribution in [0.4, 0.5) is 0 Å². The monoisotopic (exact) mass is 430 g/mol. The first kappa shape index (κ1) is 23.9. The van der Waals surface area contributed by atoms with Crippen molar-refractivity contribution < 1.29 is 13.2 Å². The second-order valence-electron chi connectivity index (χ2n) is 8.51. The fourth-order valence-electron chi connectivity index (χ4n) is 3.27. The minimum absolute atomic E-state index is 0.0689. The van der Waals surface area contributed by atoms with Crippen LogP contribution in [0, 0.1) is 0 Å². The third-order valence-corrected chi connectivity index (χ3v) is 6.53. The van der Waals surface area contributed by atoms with Gasteiger partial charge < -0.3 is 4.74 Å². The van der Waals surface area contributed by atoms with Gasteiger partial charge in [0.1, 0.15) is 5.75 Å². The molecule has 0 saturated carbocycles. The molecule has 30 heavy (non-hydrogen) atoms. The molecule has 0 radical (unpaired) electrons. The summed E-state index contributed by atoms with van der Waals surface area (Å²) in [7, 11) is -2.23. The van der Waals surface area contributed by atoms with E-state index < -0.39 is 10.0 Å². The van der Waals surface area contributed by atoms with E-state index in [-0.39, 0.29) is 11.8 Å². The van der Waals surface area contributed by atoms with E-state index in [9.17, 15) is 8.42 Å². The van der Waals surface area contributed by atoms with Crippen molar-refractivity contribution in [1.82, 2.24) is 4.83 Å². The molecule has 0 heterocycles. The molecule has 5 nitrogen and oxygen atoms in total. The van der Waals surface area contributed by atoms with Crippen LogP contribution in [-0.4, -0.2) is 21.2 Å². The predicted octanol–water partition coefficient (Wildman–Crippen LogP) is 5.77. The molecule has 0 fully saturated rings. The summed E-state index contributed by atoms with van der Waals surface area (Å²) >= 11 is 0. The molecule has 0 spiro atoms. The summed E-state index contributed by atoms with van der Waals surface area (Å²) in [5, 5.41) is 4.19. The van der Waals surface area contributed by atoms with Crippen molar-refractivity contribution >= 4 is 15.7 Å². The molecular weight excluding hydrogens is 396 g/mol. The van der Waals surface area contributed by atoms with Gasteiger partial charge in [-0.25, -0.2) is 0 Å². The first-order valence-electron chi connectivity index (χ1n) is 10.4. The van der Waals surface area contributed by atoms with Gasteiger partial charge >= 0.3 is 0 Å². The molecule has 0 aliphatic carbocycles. The molecule has 0 saturated heterocycles. The quantitative estimate of drug-likeness (QED) is 0.427. The third kappa shape index (κ3) is 5.42. The highest BCUT2D eigenvalue weighted by Gasteiger charge is 2.26. The van der Waals surface area contributed by atoms with E-state index in [2.05, 4.69) is 23.8 Å². The maximum Gasteiger partial charge on any atom is 0.277 e. The van der Waals surface area contributed by atoms with Crippen LogP contribution in [0.1, 0.15) is 88.5 Å². The molecular formula is C24H34N2O3S. The lowest BCUT2D eigenvalue weighted by Gasteiger charge is -2.22. The van der Waals surface area contributed by atoms with Crippen LogP contribution in [0.15, 0.2) is 46.4 Å². The first-order valence-corrected chi connectivity index (χ1v) is 11.8. The highest BCUT2D eigenvalue weighted by molar-refractivity contribution is 7.89. The summed E-state index contributed by atoms with van der Waals surface area (Å²) < 4.78 is 31.9. The number of nitrogens with zero attached hydrogens (tertiary/aromatic N) is 1. The van der Waals surface area contributed by atoms with Gasteiger partial charge in [0.25, 0.3) is 10.0 Å². The Balaban J connectivity index is 2.52. The summed E-state index contributed by atoms with van der Waals surface area (Å²) in [4.78, 5) is 2.82. The Bertz CT molecular complexity index is 976. The SMILES string of the molecule is COc1ccc(C(C)=NNS(=O)(=O)c2c(C(C)C)cc(C(C)C)cc2C(C)C)cc1. The number of methoxy groups -OCH3 is 1. The topological polar surface area (TPSA) is 67.8 Å². The molecule has 0 aromatic heterocycles. The van der Waals surface area contributed by atoms with Crippen LogP contribution in [-0.2, 0) is 10.0 Å². The number of ether oxygens (including phenoxy) is 1. The van der Waals surface area contributed by atoms with Gasteiger partial charge in [0.15, 0.2) is 0 Å². The molecule has 1 N–H and O–H groups in total. The average molecular weight is 431 g/mol. The van der Waals surface area contributed by atoms with Crippen LogP contribution in [0.2, 0.25) is 0 Å². The molecule has 2 aromatic rings. The lowest BCUT2D eigenvalue weighted by molar-refractivity contribution is 0.415. The van der Waals surface area contributed by atoms with Crippen molar-refractivity contribution in [3.8, 4) is 5.75 Å². The van der Waals surface area contributed by atoms with Gasteiger partial charge in [0, 0.05) is 0 Å². The molecule has 0 aliphatic heterocycles. The summed E-state index contributed by atoms with van der Waals surface area (Å²) in [6.07, 6.45) is 0. The summed E-state index contributed by atoms with van der Waals surface area (Å²) in [6, 6.07) is 11.4. The molecule has 6 heteroatoms. The predicted molar refractivity (Wildman–Crippen MR) is 124 cm³/mol. The fourth-order valence-corrected chi connectivity index (χ4v) is 4.83. The van der Waals surface area contributed by atoms with Crippen LogP contribution in [0.3, 0.4) is 0 Å². The van der Waals surface area contributed by atoms with Gasteiger partial charge in [0.2, 0.25) is 0 Å². The maximum atomic E-state index is 13.4. The molecule has 2 rings (SSSR count). The van der Waals surface area contributed by atoms with E-state index in [1.165, 1.54) is 0 Å². The van der Waals surface area contributed by atoms with Gasteiger partial charge in [-0.2, -0.15) is 18.4 Å². The van der Waals surface area contributed by atoms with E-state index in [1.54, 1.807) is 14.0 Å². The Morgan fingerprint density at radius 1 is 0.900 bits per heavy atom. The van der Waals surface area contributed by atoms with E-state index >= 15 is 0 Å². The van der Waals surface area contributed by atoms with Gasteiger partial charge in [-0.05, 0) is 71.2 Å². The van der Waals surface area contributed by atoms with E-state index in [4.69, 9.17) is 4.74 Å². The zero-order chi connectivity index (χ0) is 22.6. The van der Waals surface area contributed by atoms with Crippen molar-refractivity contribution in [3.63, 3.8) is 0 Å². The van der Waals surface area contributed by atoms with Crippen LogP contribution in [0.25, 0.3) is 0 Å². The summed E-state index contributed by atoms with van der Waals surface area (Å²) in [5.74, 6) is 1.19. The number of hydrogen-bond donors (Lipinski definition) is 1. The van der Waals surface area contributed by atoms with Crippen molar-refractivity contribution in [3.05, 3.63) is 58.7 Å². The number of sulfonamides is 1. The second-order valence-corrected chi connectivity index (χ2v) is 10.1. The number of rotatable bonds is 8. The molecule has 164 valence electrons. The Labute approximate surface area is 181 Å². The highest BCUT2D eigenvalue weighted by atomic mass is 32.2. The minimum Gasteiger partial charge on any atom is -0.497 e. The molecule has 0 aliphatic rings. The van der Waals surface area contributed by atoms with Gasteiger partial charge in [-0.1, -0.05) is 53.7 Å². The lowest BCUT2D eigenvalue weighted by Crippen LogP contribution is -2.24. The average Bonchev–Trinajstić information content (AvgIpc) is 2.70. The standard InChI is InChI=1S/C24H34N2O3S/c1-15(2)20-13-22(16(3)4)24(23(14-20)17(5)6)30(27,28)26-25-18(7)19-9-11-21(29-8)12-10-19/h9-17,26H,1-8H3. The normalized spacial score (nSPS) is 12.7. The molecule has 0 amide bonds. The Hall–Kier alpha value is -2.34. The van der Waals surface area contributed by atoms with E-state index in [1.807, 2.05) is 64.1 Å². The van der Waals surface area contributed by atoms with Crippen molar-refractivity contribution in [2.24, 2.45) is 5.10 Å². The number of benzene rings is 2. The number of nitrogens with one attached hydrogen (secondary N) is 1. The van der Waals surface area contributed by atoms with Gasteiger partial charge in [0.05, 0.1) is 17.7 Å². The lowest BCUT2D eigenvalue weighted by atomic mass is 9.89. The van der Waals surface area contributed by atoms with E-state index in [0.717, 1.165) is 28.0 Å². The second kappa shape index (κ2) is 9.65. The Morgan fingerprint density at radius 3 is 1.80 bits per heavy atom. The van der Waals surface area contributed by atoms with Gasteiger partial charge in [-0.3, -0.25) is 0 Å². The smallest absolute Gasteiger partial charge is 0.277 e. The number of hydrazone groups is 1. The first-order chi connectivity index (χ1) is 14.0.